The first-order valence-electron chi connectivity index (χ1n) is 4.66. The van der Waals surface area contributed by atoms with Crippen LogP contribution in [0, 0.1) is 11.8 Å². The molecule has 1 rings (SSSR count). The third-order valence-electron chi connectivity index (χ3n) is 2.71. The molecule has 0 aliphatic heterocycles. The first-order chi connectivity index (χ1) is 5.34. The Kier molecular flexibility index (Phi) is 3.41. The summed E-state index contributed by atoms with van der Waals surface area (Å²) in [6, 6.07) is 0. The van der Waals surface area contributed by atoms with Gasteiger partial charge in [0.25, 0.3) is 0 Å². The van der Waals surface area contributed by atoms with E-state index in [-0.39, 0.29) is 0 Å². The Labute approximate surface area is 70.0 Å². The third-order valence-corrected chi connectivity index (χ3v) is 2.71. The maximum Gasteiger partial charge on any atom is -0.0314 e. The van der Waals surface area contributed by atoms with E-state index in [1.165, 1.54) is 19.3 Å². The maximum absolute atomic E-state index is 2.36. The highest BCUT2D eigenvalue weighted by Gasteiger charge is 2.13. The van der Waals surface area contributed by atoms with Gasteiger partial charge in [-0.15, -0.1) is 0 Å². The third kappa shape index (κ3) is 2.53. The fourth-order valence-corrected chi connectivity index (χ4v) is 1.56. The van der Waals surface area contributed by atoms with Crippen molar-refractivity contribution < 1.29 is 0 Å². The van der Waals surface area contributed by atoms with E-state index in [1.807, 2.05) is 0 Å². The second-order valence-corrected chi connectivity index (χ2v) is 3.47. The molecule has 0 aromatic heterocycles. The largest absolute Gasteiger partial charge is 0.0843 e. The predicted molar refractivity (Wildman–Crippen MR) is 50.5 cm³/mol. The lowest BCUT2D eigenvalue weighted by atomic mass is 9.87. The summed E-state index contributed by atoms with van der Waals surface area (Å²) in [5.74, 6) is 1.76. The van der Waals surface area contributed by atoms with Gasteiger partial charge >= 0.3 is 0 Å². The van der Waals surface area contributed by atoms with Crippen LogP contribution in [0.4, 0.5) is 0 Å². The Morgan fingerprint density at radius 1 is 1.27 bits per heavy atom. The lowest BCUT2D eigenvalue weighted by molar-refractivity contribution is 0.355. The van der Waals surface area contributed by atoms with E-state index in [1.54, 1.807) is 0 Å². The molecule has 0 aromatic rings. The first kappa shape index (κ1) is 8.58. The van der Waals surface area contributed by atoms with Crippen LogP contribution in [-0.4, -0.2) is 0 Å². The van der Waals surface area contributed by atoms with Crippen LogP contribution in [0.15, 0.2) is 24.3 Å². The Balaban J connectivity index is 2.45. The van der Waals surface area contributed by atoms with Gasteiger partial charge in [0.2, 0.25) is 0 Å². The van der Waals surface area contributed by atoms with E-state index in [9.17, 15) is 0 Å². The molecule has 0 bridgehead atoms. The van der Waals surface area contributed by atoms with E-state index in [2.05, 4.69) is 38.2 Å². The lowest BCUT2D eigenvalue weighted by Gasteiger charge is -2.18. The maximum atomic E-state index is 2.36. The van der Waals surface area contributed by atoms with Crippen molar-refractivity contribution in [2.45, 2.75) is 33.1 Å². The van der Waals surface area contributed by atoms with Gasteiger partial charge in [0.15, 0.2) is 0 Å². The van der Waals surface area contributed by atoms with Crippen LogP contribution in [0.3, 0.4) is 0 Å². The zero-order valence-electron chi connectivity index (χ0n) is 7.59. The van der Waals surface area contributed by atoms with E-state index < -0.39 is 0 Å². The quantitative estimate of drug-likeness (QED) is 0.564. The summed E-state index contributed by atoms with van der Waals surface area (Å²) in [7, 11) is 0. The topological polar surface area (TPSA) is 0 Å². The molecule has 0 heteroatoms. The number of allylic oxidation sites excluding steroid dienone is 4. The molecule has 1 unspecified atom stereocenters. The predicted octanol–water partition coefficient (Wildman–Crippen LogP) is 3.55. The minimum Gasteiger partial charge on any atom is -0.0843 e. The zero-order chi connectivity index (χ0) is 8.10. The van der Waals surface area contributed by atoms with Gasteiger partial charge in [0.1, 0.15) is 0 Å². The summed E-state index contributed by atoms with van der Waals surface area (Å²) >= 11 is 0. The Bertz CT molecular complexity index is 139. The minimum atomic E-state index is 0.877. The molecular weight excluding hydrogens is 132 g/mol. The number of hydrogen-bond donors (Lipinski definition) is 0. The van der Waals surface area contributed by atoms with Crippen LogP contribution in [0.2, 0.25) is 0 Å². The van der Waals surface area contributed by atoms with E-state index in [4.69, 9.17) is 0 Å². The van der Waals surface area contributed by atoms with Crippen molar-refractivity contribution >= 4 is 0 Å². The summed E-state index contributed by atoms with van der Waals surface area (Å²) in [5, 5.41) is 0. The number of hydrogen-bond acceptors (Lipinski definition) is 0. The lowest BCUT2D eigenvalue weighted by Crippen LogP contribution is -2.08. The Hall–Kier alpha value is -0.520. The molecule has 0 nitrogen and oxygen atoms in total. The fraction of sp³-hybridized carbons (Fsp3) is 0.636. The molecule has 0 radical (unpaired) electrons. The molecule has 0 N–H and O–H groups in total. The van der Waals surface area contributed by atoms with E-state index in [0.717, 1.165) is 11.8 Å². The average molecular weight is 150 g/mol. The van der Waals surface area contributed by atoms with Crippen LogP contribution in [0.5, 0.6) is 0 Å². The second kappa shape index (κ2) is 4.38. The average Bonchev–Trinajstić information content (AvgIpc) is 2.30. The van der Waals surface area contributed by atoms with Gasteiger partial charge in [-0.05, 0) is 24.7 Å². The Morgan fingerprint density at radius 3 is 2.27 bits per heavy atom. The van der Waals surface area contributed by atoms with Crippen molar-refractivity contribution in [1.82, 2.24) is 0 Å². The standard InChI is InChI=1S/C11H18/c1-3-10(2)11-8-6-4-5-7-9-11/h4-7,10-11H,3,8-9H2,1-2H3. The molecule has 0 heterocycles. The molecule has 1 atom stereocenters. The molecule has 1 aliphatic carbocycles. The molecule has 0 saturated heterocycles. The molecule has 0 amide bonds. The van der Waals surface area contributed by atoms with Crippen molar-refractivity contribution in [3.63, 3.8) is 0 Å². The van der Waals surface area contributed by atoms with Crippen LogP contribution in [0.25, 0.3) is 0 Å². The van der Waals surface area contributed by atoms with Gasteiger partial charge in [0.05, 0.1) is 0 Å². The highest BCUT2D eigenvalue weighted by Crippen LogP contribution is 2.24. The van der Waals surface area contributed by atoms with Crippen molar-refractivity contribution in [2.24, 2.45) is 11.8 Å². The van der Waals surface area contributed by atoms with Crippen LogP contribution in [0.1, 0.15) is 33.1 Å². The smallest absolute Gasteiger partial charge is 0.0314 e. The van der Waals surface area contributed by atoms with Gasteiger partial charge < -0.3 is 0 Å². The van der Waals surface area contributed by atoms with Gasteiger partial charge in [-0.3, -0.25) is 0 Å². The Morgan fingerprint density at radius 2 is 1.82 bits per heavy atom. The van der Waals surface area contributed by atoms with Gasteiger partial charge in [-0.1, -0.05) is 44.6 Å². The molecule has 0 saturated carbocycles. The summed E-state index contributed by atoms with van der Waals surface area (Å²) in [6.45, 7) is 4.64. The highest BCUT2D eigenvalue weighted by molar-refractivity contribution is 5.06. The molecule has 0 spiro atoms. The monoisotopic (exact) mass is 150 g/mol. The van der Waals surface area contributed by atoms with Crippen LogP contribution in [-0.2, 0) is 0 Å². The van der Waals surface area contributed by atoms with Crippen molar-refractivity contribution in [3.8, 4) is 0 Å². The molecule has 0 aromatic carbocycles. The fourth-order valence-electron chi connectivity index (χ4n) is 1.56. The van der Waals surface area contributed by atoms with Gasteiger partial charge in [0, 0.05) is 0 Å². The van der Waals surface area contributed by atoms with Crippen molar-refractivity contribution in [1.29, 1.82) is 0 Å². The summed E-state index contributed by atoms with van der Waals surface area (Å²) in [4.78, 5) is 0. The van der Waals surface area contributed by atoms with Crippen LogP contribution >= 0.6 is 0 Å². The van der Waals surface area contributed by atoms with E-state index >= 15 is 0 Å². The van der Waals surface area contributed by atoms with Gasteiger partial charge in [-0.2, -0.15) is 0 Å². The second-order valence-electron chi connectivity index (χ2n) is 3.47. The normalized spacial score (nSPS) is 21.6. The highest BCUT2D eigenvalue weighted by atomic mass is 14.2. The minimum absolute atomic E-state index is 0.877. The van der Waals surface area contributed by atoms with Gasteiger partial charge in [-0.25, -0.2) is 0 Å². The summed E-state index contributed by atoms with van der Waals surface area (Å²) < 4.78 is 0. The van der Waals surface area contributed by atoms with Crippen molar-refractivity contribution in [3.05, 3.63) is 24.3 Å². The zero-order valence-corrected chi connectivity index (χ0v) is 7.59. The molecule has 0 fully saturated rings. The molecule has 11 heavy (non-hydrogen) atoms. The van der Waals surface area contributed by atoms with Crippen LogP contribution < -0.4 is 0 Å². The van der Waals surface area contributed by atoms with E-state index in [0.29, 0.717) is 0 Å². The molecule has 62 valence electrons. The SMILES string of the molecule is CCC(C)C1CC=CC=CC1. The first-order valence-corrected chi connectivity index (χ1v) is 4.66. The van der Waals surface area contributed by atoms with Crippen molar-refractivity contribution in [2.75, 3.05) is 0 Å². The molecular formula is C11H18. The summed E-state index contributed by atoms with van der Waals surface area (Å²) in [6.07, 6.45) is 12.8. The molecule has 1 aliphatic rings. The summed E-state index contributed by atoms with van der Waals surface area (Å²) in [5.41, 5.74) is 0. The number of rotatable bonds is 2.